The first-order valence-electron chi connectivity index (χ1n) is 6.58. The number of hydrogen-bond acceptors (Lipinski definition) is 2. The summed E-state index contributed by atoms with van der Waals surface area (Å²) in [6.45, 7) is 4.15. The van der Waals surface area contributed by atoms with E-state index in [-0.39, 0.29) is 0 Å². The van der Waals surface area contributed by atoms with Crippen LogP contribution in [0.15, 0.2) is 36.5 Å². The third-order valence-electron chi connectivity index (χ3n) is 2.99. The molecule has 0 atom stereocenters. The first-order valence-corrected chi connectivity index (χ1v) is 6.96. The molecular formula is C16H18ClNO. The summed E-state index contributed by atoms with van der Waals surface area (Å²) in [5.74, 6) is 1.58. The van der Waals surface area contributed by atoms with Crippen molar-refractivity contribution in [2.45, 2.75) is 33.1 Å². The van der Waals surface area contributed by atoms with Crippen molar-refractivity contribution in [2.24, 2.45) is 0 Å². The van der Waals surface area contributed by atoms with E-state index in [1.54, 1.807) is 12.3 Å². The molecule has 0 radical (unpaired) electrons. The fourth-order valence-electron chi connectivity index (χ4n) is 1.82. The van der Waals surface area contributed by atoms with Crippen LogP contribution in [0.2, 0.25) is 5.15 Å². The molecule has 0 saturated heterocycles. The first kappa shape index (κ1) is 13.9. The average molecular weight is 276 g/mol. The predicted octanol–water partition coefficient (Wildman–Crippen LogP) is 5.18. The number of rotatable bonds is 5. The quantitative estimate of drug-likeness (QED) is 0.702. The Morgan fingerprint density at radius 3 is 2.63 bits per heavy atom. The van der Waals surface area contributed by atoms with Gasteiger partial charge in [-0.25, -0.2) is 4.98 Å². The molecule has 1 heterocycles. The number of hydrogen-bond donors (Lipinski definition) is 0. The molecule has 0 fully saturated rings. The summed E-state index contributed by atoms with van der Waals surface area (Å²) < 4.78 is 5.82. The van der Waals surface area contributed by atoms with Gasteiger partial charge in [0.05, 0.1) is 0 Å². The lowest BCUT2D eigenvalue weighted by molar-refractivity contribution is 0.478. The van der Waals surface area contributed by atoms with Gasteiger partial charge in [-0.15, -0.1) is 0 Å². The highest BCUT2D eigenvalue weighted by molar-refractivity contribution is 6.29. The van der Waals surface area contributed by atoms with Gasteiger partial charge in [0.1, 0.15) is 16.7 Å². The molecule has 2 nitrogen and oxygen atoms in total. The van der Waals surface area contributed by atoms with E-state index in [1.165, 1.54) is 18.4 Å². The zero-order chi connectivity index (χ0) is 13.7. The van der Waals surface area contributed by atoms with Crippen LogP contribution in [0.4, 0.5) is 0 Å². The Balaban J connectivity index is 2.08. The number of aromatic nitrogens is 1. The number of pyridine rings is 1. The van der Waals surface area contributed by atoms with E-state index in [9.17, 15) is 0 Å². The molecule has 2 aromatic rings. The smallest absolute Gasteiger partial charge is 0.134 e. The summed E-state index contributed by atoms with van der Waals surface area (Å²) in [7, 11) is 0. The van der Waals surface area contributed by atoms with Crippen LogP contribution in [-0.4, -0.2) is 4.98 Å². The van der Waals surface area contributed by atoms with Gasteiger partial charge >= 0.3 is 0 Å². The van der Waals surface area contributed by atoms with E-state index >= 15 is 0 Å². The molecule has 0 spiro atoms. The molecule has 19 heavy (non-hydrogen) atoms. The van der Waals surface area contributed by atoms with Gasteiger partial charge in [0.25, 0.3) is 0 Å². The molecular weight excluding hydrogens is 258 g/mol. The normalized spacial score (nSPS) is 10.5. The third kappa shape index (κ3) is 3.97. The van der Waals surface area contributed by atoms with Crippen LogP contribution in [0, 0.1) is 6.92 Å². The second-order valence-corrected chi connectivity index (χ2v) is 5.01. The minimum Gasteiger partial charge on any atom is -0.457 e. The highest BCUT2D eigenvalue weighted by atomic mass is 35.5. The SMILES string of the molecule is CCCCc1ccc(Oc2cc(Cl)ncc2C)cc1. The molecule has 0 aliphatic carbocycles. The van der Waals surface area contributed by atoms with Gasteiger partial charge in [-0.3, -0.25) is 0 Å². The molecule has 1 aromatic carbocycles. The molecule has 2 rings (SSSR count). The molecule has 0 unspecified atom stereocenters. The van der Waals surface area contributed by atoms with Crippen molar-refractivity contribution in [1.82, 2.24) is 4.98 Å². The second kappa shape index (κ2) is 6.58. The van der Waals surface area contributed by atoms with E-state index in [0.29, 0.717) is 5.15 Å². The number of benzene rings is 1. The Hall–Kier alpha value is -1.54. The van der Waals surface area contributed by atoms with Crippen molar-refractivity contribution in [3.05, 3.63) is 52.8 Å². The Bertz CT molecular complexity index is 537. The Labute approximate surface area is 119 Å². The van der Waals surface area contributed by atoms with Gasteiger partial charge < -0.3 is 4.74 Å². The van der Waals surface area contributed by atoms with E-state index in [2.05, 4.69) is 24.0 Å². The molecule has 3 heteroatoms. The lowest BCUT2D eigenvalue weighted by Gasteiger charge is -2.09. The topological polar surface area (TPSA) is 22.1 Å². The maximum Gasteiger partial charge on any atom is 0.134 e. The van der Waals surface area contributed by atoms with Gasteiger partial charge in [-0.2, -0.15) is 0 Å². The van der Waals surface area contributed by atoms with Crippen LogP contribution >= 0.6 is 11.6 Å². The summed E-state index contributed by atoms with van der Waals surface area (Å²) in [6.07, 6.45) is 5.27. The van der Waals surface area contributed by atoms with Crippen molar-refractivity contribution in [2.75, 3.05) is 0 Å². The van der Waals surface area contributed by atoms with Crippen molar-refractivity contribution in [1.29, 1.82) is 0 Å². The van der Waals surface area contributed by atoms with Crippen LogP contribution in [0.25, 0.3) is 0 Å². The molecule has 0 bridgehead atoms. The van der Waals surface area contributed by atoms with Gasteiger partial charge in [0.2, 0.25) is 0 Å². The summed E-state index contributed by atoms with van der Waals surface area (Å²) in [6, 6.07) is 9.96. The molecule has 0 aliphatic rings. The monoisotopic (exact) mass is 275 g/mol. The van der Waals surface area contributed by atoms with Gasteiger partial charge in [0.15, 0.2) is 0 Å². The Morgan fingerprint density at radius 2 is 1.95 bits per heavy atom. The summed E-state index contributed by atoms with van der Waals surface area (Å²) in [5, 5.41) is 0.445. The Morgan fingerprint density at radius 1 is 1.21 bits per heavy atom. The highest BCUT2D eigenvalue weighted by Crippen LogP contribution is 2.26. The van der Waals surface area contributed by atoms with Crippen LogP contribution in [0.5, 0.6) is 11.5 Å². The van der Waals surface area contributed by atoms with Crippen molar-refractivity contribution in [3.63, 3.8) is 0 Å². The third-order valence-corrected chi connectivity index (χ3v) is 3.20. The van der Waals surface area contributed by atoms with E-state index in [4.69, 9.17) is 16.3 Å². The number of ether oxygens (including phenoxy) is 1. The molecule has 1 aromatic heterocycles. The minimum atomic E-state index is 0.445. The summed E-state index contributed by atoms with van der Waals surface area (Å²) in [5.41, 5.74) is 2.32. The van der Waals surface area contributed by atoms with E-state index < -0.39 is 0 Å². The van der Waals surface area contributed by atoms with Crippen LogP contribution in [0.3, 0.4) is 0 Å². The minimum absolute atomic E-state index is 0.445. The van der Waals surface area contributed by atoms with E-state index in [0.717, 1.165) is 23.5 Å². The maximum absolute atomic E-state index is 5.87. The first-order chi connectivity index (χ1) is 9.19. The molecule has 0 aliphatic heterocycles. The molecule has 100 valence electrons. The predicted molar refractivity (Wildman–Crippen MR) is 79.1 cm³/mol. The summed E-state index contributed by atoms with van der Waals surface area (Å²) in [4.78, 5) is 4.01. The number of aryl methyl sites for hydroxylation is 2. The number of halogens is 1. The fraction of sp³-hybridized carbons (Fsp3) is 0.312. The number of nitrogens with zero attached hydrogens (tertiary/aromatic N) is 1. The van der Waals surface area contributed by atoms with E-state index in [1.807, 2.05) is 19.1 Å². The average Bonchev–Trinajstić information content (AvgIpc) is 2.42. The molecule has 0 saturated carbocycles. The van der Waals surface area contributed by atoms with Gasteiger partial charge in [-0.05, 0) is 37.5 Å². The fourth-order valence-corrected chi connectivity index (χ4v) is 1.97. The van der Waals surface area contributed by atoms with Gasteiger partial charge in [-0.1, -0.05) is 37.1 Å². The zero-order valence-electron chi connectivity index (χ0n) is 11.3. The van der Waals surface area contributed by atoms with Crippen LogP contribution in [0.1, 0.15) is 30.9 Å². The number of unbranched alkanes of at least 4 members (excludes halogenated alkanes) is 1. The zero-order valence-corrected chi connectivity index (χ0v) is 12.1. The maximum atomic E-state index is 5.87. The second-order valence-electron chi connectivity index (χ2n) is 4.62. The van der Waals surface area contributed by atoms with Gasteiger partial charge in [0, 0.05) is 17.8 Å². The molecule has 0 amide bonds. The highest BCUT2D eigenvalue weighted by Gasteiger charge is 2.03. The van der Waals surface area contributed by atoms with Crippen LogP contribution < -0.4 is 4.74 Å². The Kier molecular flexibility index (Phi) is 4.80. The van der Waals surface area contributed by atoms with Crippen molar-refractivity contribution in [3.8, 4) is 11.5 Å². The lowest BCUT2D eigenvalue weighted by atomic mass is 10.1. The van der Waals surface area contributed by atoms with Crippen molar-refractivity contribution < 1.29 is 4.74 Å². The largest absolute Gasteiger partial charge is 0.457 e. The standard InChI is InChI=1S/C16H18ClNO/c1-3-4-5-13-6-8-14(9-7-13)19-15-10-16(17)18-11-12(15)2/h6-11H,3-5H2,1-2H3. The van der Waals surface area contributed by atoms with Crippen molar-refractivity contribution >= 4 is 11.6 Å². The lowest BCUT2D eigenvalue weighted by Crippen LogP contribution is -1.90. The molecule has 0 N–H and O–H groups in total. The summed E-state index contributed by atoms with van der Waals surface area (Å²) >= 11 is 5.87. The van der Waals surface area contributed by atoms with Crippen LogP contribution in [-0.2, 0) is 6.42 Å².